The van der Waals surface area contributed by atoms with Crippen LogP contribution in [0.4, 0.5) is 0 Å². The summed E-state index contributed by atoms with van der Waals surface area (Å²) < 4.78 is 4.74. The molecule has 1 unspecified atom stereocenters. The molecule has 3 rings (SSSR count). The largest absolute Gasteiger partial charge is 0.469 e. The van der Waals surface area contributed by atoms with Crippen LogP contribution in [0.15, 0.2) is 54.6 Å². The zero-order chi connectivity index (χ0) is 19.4. The zero-order valence-electron chi connectivity index (χ0n) is 14.4. The lowest BCUT2D eigenvalue weighted by Crippen LogP contribution is -2.30. The maximum atomic E-state index is 12.8. The number of carbonyl (C=O) groups is 2. The number of carbonyl (C=O) groups excluding carboxylic acids is 2. The fourth-order valence-electron chi connectivity index (χ4n) is 2.73. The second kappa shape index (κ2) is 8.37. The summed E-state index contributed by atoms with van der Waals surface area (Å²) in [6.45, 7) is 0. The van der Waals surface area contributed by atoms with E-state index < -0.39 is 12.0 Å². The summed E-state index contributed by atoms with van der Waals surface area (Å²) in [6.07, 6.45) is -0.0310. The Bertz CT molecular complexity index is 1010. The number of amides is 1. The van der Waals surface area contributed by atoms with E-state index in [2.05, 4.69) is 10.3 Å². The summed E-state index contributed by atoms with van der Waals surface area (Å²) in [5.74, 6) is -0.779. The number of methoxy groups -OCH3 is 1. The van der Waals surface area contributed by atoms with Crippen molar-refractivity contribution in [2.24, 2.45) is 0 Å². The number of rotatable bonds is 5. The Morgan fingerprint density at radius 2 is 1.89 bits per heavy atom. The second-order valence-corrected chi connectivity index (χ2v) is 6.66. The van der Waals surface area contributed by atoms with E-state index in [1.165, 1.54) is 7.11 Å². The van der Waals surface area contributed by atoms with Gasteiger partial charge in [-0.25, -0.2) is 4.98 Å². The van der Waals surface area contributed by atoms with Gasteiger partial charge in [0.25, 0.3) is 5.91 Å². The summed E-state index contributed by atoms with van der Waals surface area (Å²) in [7, 11) is 1.30. The fraction of sp³-hybridized carbons (Fsp3) is 0.150. The van der Waals surface area contributed by atoms with Crippen LogP contribution in [-0.2, 0) is 9.53 Å². The van der Waals surface area contributed by atoms with Crippen molar-refractivity contribution in [2.75, 3.05) is 7.11 Å². The van der Waals surface area contributed by atoms with Crippen LogP contribution in [0.25, 0.3) is 10.9 Å². The number of hydrogen-bond donors (Lipinski definition) is 1. The van der Waals surface area contributed by atoms with Crippen LogP contribution in [-0.4, -0.2) is 24.0 Å². The quantitative estimate of drug-likeness (QED) is 0.500. The fourth-order valence-corrected chi connectivity index (χ4v) is 3.15. The van der Waals surface area contributed by atoms with Crippen molar-refractivity contribution >= 4 is 46.0 Å². The van der Waals surface area contributed by atoms with E-state index in [1.807, 2.05) is 0 Å². The molecule has 0 saturated heterocycles. The molecular weight excluding hydrogens is 387 g/mol. The van der Waals surface area contributed by atoms with Crippen LogP contribution >= 0.6 is 23.2 Å². The van der Waals surface area contributed by atoms with Crippen molar-refractivity contribution in [3.05, 3.63) is 75.9 Å². The predicted octanol–water partition coefficient (Wildman–Crippen LogP) is 4.58. The second-order valence-electron chi connectivity index (χ2n) is 5.87. The lowest BCUT2D eigenvalue weighted by Gasteiger charge is -2.19. The molecule has 5 nitrogen and oxygen atoms in total. The predicted molar refractivity (Wildman–Crippen MR) is 105 cm³/mol. The minimum atomic E-state index is -0.613. The Morgan fingerprint density at radius 3 is 2.63 bits per heavy atom. The minimum Gasteiger partial charge on any atom is -0.469 e. The molecule has 0 bridgehead atoms. The van der Waals surface area contributed by atoms with Crippen molar-refractivity contribution in [1.29, 1.82) is 0 Å². The first kappa shape index (κ1) is 19.1. The Hall–Kier alpha value is -2.63. The van der Waals surface area contributed by atoms with E-state index in [1.54, 1.807) is 54.6 Å². The number of halogens is 2. The van der Waals surface area contributed by atoms with E-state index >= 15 is 0 Å². The molecule has 1 heterocycles. The van der Waals surface area contributed by atoms with Crippen LogP contribution in [0.5, 0.6) is 0 Å². The first-order valence-electron chi connectivity index (χ1n) is 8.16. The van der Waals surface area contributed by atoms with Gasteiger partial charge in [0, 0.05) is 16.0 Å². The molecule has 1 atom stereocenters. The molecule has 0 aliphatic carbocycles. The lowest BCUT2D eigenvalue weighted by molar-refractivity contribution is -0.141. The molecule has 0 radical (unpaired) electrons. The third kappa shape index (κ3) is 4.56. The van der Waals surface area contributed by atoms with Gasteiger partial charge in [0.2, 0.25) is 0 Å². The molecule has 0 fully saturated rings. The third-order valence-corrected chi connectivity index (χ3v) is 4.66. The summed E-state index contributed by atoms with van der Waals surface area (Å²) in [6, 6.07) is 15.0. The molecule has 3 aromatic rings. The number of esters is 1. The van der Waals surface area contributed by atoms with Crippen molar-refractivity contribution in [3.8, 4) is 0 Å². The Balaban J connectivity index is 1.88. The maximum absolute atomic E-state index is 12.8. The highest BCUT2D eigenvalue weighted by molar-refractivity contribution is 6.31. The van der Waals surface area contributed by atoms with Crippen LogP contribution in [0.3, 0.4) is 0 Å². The van der Waals surface area contributed by atoms with Crippen molar-refractivity contribution < 1.29 is 14.3 Å². The molecule has 0 aliphatic heterocycles. The van der Waals surface area contributed by atoms with Crippen molar-refractivity contribution in [1.82, 2.24) is 10.3 Å². The molecule has 1 aromatic heterocycles. The standard InChI is InChI=1S/C20H16Cl2N2O3/c1-27-19(25)11-17(14-4-2-3-5-15(14)21)24-20(26)13-6-8-16-12(10-13)7-9-18(22)23-16/h2-10,17H,11H2,1H3,(H,24,26). The number of benzene rings is 2. The highest BCUT2D eigenvalue weighted by Crippen LogP contribution is 2.26. The SMILES string of the molecule is COC(=O)CC(NC(=O)c1ccc2nc(Cl)ccc2c1)c1ccccc1Cl. The van der Waals surface area contributed by atoms with Crippen LogP contribution in [0.2, 0.25) is 10.2 Å². The number of pyridine rings is 1. The smallest absolute Gasteiger partial charge is 0.307 e. The van der Waals surface area contributed by atoms with Crippen LogP contribution < -0.4 is 5.32 Å². The number of nitrogens with zero attached hydrogens (tertiary/aromatic N) is 1. The molecule has 2 aromatic carbocycles. The molecule has 27 heavy (non-hydrogen) atoms. The van der Waals surface area contributed by atoms with Crippen molar-refractivity contribution in [2.45, 2.75) is 12.5 Å². The van der Waals surface area contributed by atoms with Gasteiger partial charge in [0.05, 0.1) is 25.1 Å². The summed E-state index contributed by atoms with van der Waals surface area (Å²) in [5, 5.41) is 4.50. The summed E-state index contributed by atoms with van der Waals surface area (Å²) in [5.41, 5.74) is 1.77. The van der Waals surface area contributed by atoms with Gasteiger partial charge in [-0.15, -0.1) is 0 Å². The minimum absolute atomic E-state index is 0.0310. The average Bonchev–Trinajstić information content (AvgIpc) is 2.67. The molecule has 1 N–H and O–H groups in total. The van der Waals surface area contributed by atoms with Crippen LogP contribution in [0.1, 0.15) is 28.4 Å². The van der Waals surface area contributed by atoms with E-state index in [0.717, 1.165) is 5.39 Å². The number of hydrogen-bond acceptors (Lipinski definition) is 4. The van der Waals surface area contributed by atoms with Gasteiger partial charge in [-0.1, -0.05) is 41.4 Å². The van der Waals surface area contributed by atoms with E-state index in [4.69, 9.17) is 27.9 Å². The van der Waals surface area contributed by atoms with Crippen LogP contribution in [0, 0.1) is 0 Å². The third-order valence-electron chi connectivity index (χ3n) is 4.10. The molecule has 0 saturated carbocycles. The monoisotopic (exact) mass is 402 g/mol. The normalized spacial score (nSPS) is 11.8. The topological polar surface area (TPSA) is 68.3 Å². The Morgan fingerprint density at radius 1 is 1.11 bits per heavy atom. The number of ether oxygens (including phenoxy) is 1. The highest BCUT2D eigenvalue weighted by atomic mass is 35.5. The van der Waals surface area contributed by atoms with Gasteiger partial charge in [-0.3, -0.25) is 9.59 Å². The molecule has 7 heteroatoms. The number of nitrogens with one attached hydrogen (secondary N) is 1. The summed E-state index contributed by atoms with van der Waals surface area (Å²) >= 11 is 12.1. The Kier molecular flexibility index (Phi) is 5.94. The van der Waals surface area contributed by atoms with Gasteiger partial charge >= 0.3 is 5.97 Å². The van der Waals surface area contributed by atoms with Gasteiger partial charge in [0.1, 0.15) is 5.15 Å². The number of aromatic nitrogens is 1. The Labute approximate surface area is 166 Å². The van der Waals surface area contributed by atoms with Crippen molar-refractivity contribution in [3.63, 3.8) is 0 Å². The van der Waals surface area contributed by atoms with Gasteiger partial charge in [-0.2, -0.15) is 0 Å². The molecule has 1 amide bonds. The highest BCUT2D eigenvalue weighted by Gasteiger charge is 2.22. The first-order valence-corrected chi connectivity index (χ1v) is 8.92. The molecular formula is C20H16Cl2N2O3. The summed E-state index contributed by atoms with van der Waals surface area (Å²) in [4.78, 5) is 28.8. The first-order chi connectivity index (χ1) is 13.0. The van der Waals surface area contributed by atoms with Gasteiger partial charge in [-0.05, 0) is 42.0 Å². The van der Waals surface area contributed by atoms with Gasteiger partial charge in [0.15, 0.2) is 0 Å². The molecule has 138 valence electrons. The zero-order valence-corrected chi connectivity index (χ0v) is 15.9. The number of fused-ring (bicyclic) bond motifs is 1. The van der Waals surface area contributed by atoms with Gasteiger partial charge < -0.3 is 10.1 Å². The lowest BCUT2D eigenvalue weighted by atomic mass is 10.0. The van der Waals surface area contributed by atoms with E-state index in [9.17, 15) is 9.59 Å². The molecule has 0 spiro atoms. The van der Waals surface area contributed by atoms with E-state index in [-0.39, 0.29) is 12.3 Å². The average molecular weight is 403 g/mol. The van der Waals surface area contributed by atoms with E-state index in [0.29, 0.717) is 26.8 Å². The maximum Gasteiger partial charge on any atom is 0.307 e. The molecule has 0 aliphatic rings.